The normalized spacial score (nSPS) is 15.4. The Morgan fingerprint density at radius 2 is 1.03 bits per heavy atom. The monoisotopic (exact) mass is 508 g/mol. The summed E-state index contributed by atoms with van der Waals surface area (Å²) < 4.78 is 65.9. The van der Waals surface area contributed by atoms with Crippen molar-refractivity contribution >= 4 is 43.6 Å². The summed E-state index contributed by atoms with van der Waals surface area (Å²) in [7, 11) is -7.50. The number of carboxylic acids is 2. The van der Waals surface area contributed by atoms with Crippen LogP contribution >= 0.6 is 11.6 Å². The maximum atomic E-state index is 13.0. The first kappa shape index (κ1) is 25.7. The molecule has 0 spiro atoms. The first-order valence-corrected chi connectivity index (χ1v) is 12.1. The number of piperazine rings is 1. The van der Waals surface area contributed by atoms with Crippen LogP contribution in [0.1, 0.15) is 0 Å². The first-order chi connectivity index (χ1) is 14.9. The van der Waals surface area contributed by atoms with Gasteiger partial charge in [-0.15, -0.1) is 0 Å². The number of rotatable bonds is 4. The molecule has 3 rings (SSSR count). The van der Waals surface area contributed by atoms with E-state index < -0.39 is 37.8 Å². The lowest BCUT2D eigenvalue weighted by Gasteiger charge is -2.33. The maximum Gasteiger partial charge on any atom is 0.414 e. The summed E-state index contributed by atoms with van der Waals surface area (Å²) in [5.41, 5.74) is 0. The Kier molecular flexibility index (Phi) is 8.31. The van der Waals surface area contributed by atoms with Crippen LogP contribution in [0.3, 0.4) is 0 Å². The van der Waals surface area contributed by atoms with Gasteiger partial charge in [0.2, 0.25) is 20.0 Å². The van der Waals surface area contributed by atoms with Crippen LogP contribution in [0.2, 0.25) is 5.02 Å². The first-order valence-electron chi connectivity index (χ1n) is 8.83. The van der Waals surface area contributed by atoms with Crippen molar-refractivity contribution in [3.63, 3.8) is 0 Å². The molecule has 32 heavy (non-hydrogen) atoms. The van der Waals surface area contributed by atoms with E-state index in [-0.39, 0.29) is 36.0 Å². The van der Waals surface area contributed by atoms with Gasteiger partial charge in [0.25, 0.3) is 0 Å². The van der Waals surface area contributed by atoms with E-state index in [2.05, 4.69) is 0 Å². The number of hydrogen-bond donors (Lipinski definition) is 2. The molecule has 0 aliphatic carbocycles. The second kappa shape index (κ2) is 10.4. The van der Waals surface area contributed by atoms with Crippen molar-refractivity contribution in [3.8, 4) is 0 Å². The zero-order valence-electron chi connectivity index (χ0n) is 16.3. The van der Waals surface area contributed by atoms with E-state index in [1.54, 1.807) is 0 Å². The largest absolute Gasteiger partial charge is 0.473 e. The molecule has 1 fully saturated rings. The predicted octanol–water partition coefficient (Wildman–Crippen LogP) is 1.33. The van der Waals surface area contributed by atoms with Gasteiger partial charge in [0.1, 0.15) is 5.82 Å². The summed E-state index contributed by atoms with van der Waals surface area (Å²) in [4.78, 5) is 18.3. The van der Waals surface area contributed by atoms with Gasteiger partial charge in [-0.05, 0) is 48.5 Å². The number of benzene rings is 2. The van der Waals surface area contributed by atoms with E-state index in [0.717, 1.165) is 12.1 Å². The molecule has 1 saturated heterocycles. The van der Waals surface area contributed by atoms with Crippen LogP contribution in [0.5, 0.6) is 0 Å². The molecule has 0 aromatic heterocycles. The third-order valence-corrected chi connectivity index (χ3v) is 8.36. The predicted molar refractivity (Wildman–Crippen MR) is 111 cm³/mol. The molecule has 0 saturated carbocycles. The third-order valence-electron chi connectivity index (χ3n) is 4.28. The highest BCUT2D eigenvalue weighted by Gasteiger charge is 2.33. The van der Waals surface area contributed by atoms with E-state index in [1.807, 2.05) is 0 Å². The molecule has 0 amide bonds. The van der Waals surface area contributed by atoms with Gasteiger partial charge in [0, 0.05) is 31.2 Å². The Balaban J connectivity index is 0.000000534. The quantitative estimate of drug-likeness (QED) is 0.587. The van der Waals surface area contributed by atoms with E-state index in [1.165, 1.54) is 45.0 Å². The fourth-order valence-electron chi connectivity index (χ4n) is 2.66. The maximum absolute atomic E-state index is 13.0. The second-order valence-corrected chi connectivity index (χ2v) is 10.6. The molecule has 1 heterocycles. The fourth-order valence-corrected chi connectivity index (χ4v) is 5.63. The van der Waals surface area contributed by atoms with Gasteiger partial charge < -0.3 is 10.2 Å². The van der Waals surface area contributed by atoms with Crippen LogP contribution < -0.4 is 0 Å². The third kappa shape index (κ3) is 6.23. The van der Waals surface area contributed by atoms with Crippen molar-refractivity contribution in [3.05, 3.63) is 59.4 Å². The molecule has 174 valence electrons. The molecular weight excluding hydrogens is 491 g/mol. The van der Waals surface area contributed by atoms with Gasteiger partial charge in [-0.25, -0.2) is 30.8 Å². The van der Waals surface area contributed by atoms with Crippen LogP contribution in [-0.2, 0) is 29.6 Å². The molecule has 0 unspecified atom stereocenters. The van der Waals surface area contributed by atoms with Crippen molar-refractivity contribution in [2.75, 3.05) is 26.2 Å². The Hall–Kier alpha value is -2.58. The van der Waals surface area contributed by atoms with E-state index >= 15 is 0 Å². The van der Waals surface area contributed by atoms with Crippen LogP contribution in [0, 0.1) is 5.82 Å². The summed E-state index contributed by atoms with van der Waals surface area (Å²) in [6, 6.07) is 10.4. The topological polar surface area (TPSA) is 149 Å². The lowest BCUT2D eigenvalue weighted by atomic mass is 10.4. The molecular formula is C18H18ClFN2O8S2. The summed E-state index contributed by atoms with van der Waals surface area (Å²) >= 11 is 5.78. The Morgan fingerprint density at radius 1 is 0.719 bits per heavy atom. The van der Waals surface area contributed by atoms with Gasteiger partial charge in [0.05, 0.1) is 9.79 Å². The Morgan fingerprint density at radius 3 is 1.34 bits per heavy atom. The van der Waals surface area contributed by atoms with Crippen molar-refractivity contribution < 1.29 is 41.0 Å². The number of halogens is 2. The summed E-state index contributed by atoms with van der Waals surface area (Å²) in [5.74, 6) is -4.17. The lowest BCUT2D eigenvalue weighted by Crippen LogP contribution is -2.50. The zero-order valence-corrected chi connectivity index (χ0v) is 18.6. The number of sulfonamides is 2. The van der Waals surface area contributed by atoms with E-state index in [0.29, 0.717) is 5.02 Å². The average Bonchev–Trinajstić information content (AvgIpc) is 2.75. The molecule has 14 heteroatoms. The molecule has 2 aromatic rings. The van der Waals surface area contributed by atoms with Crippen LogP contribution in [-0.4, -0.2) is 73.8 Å². The Labute approximate surface area is 188 Å². The van der Waals surface area contributed by atoms with Crippen molar-refractivity contribution in [1.29, 1.82) is 0 Å². The van der Waals surface area contributed by atoms with Gasteiger partial charge in [-0.3, -0.25) is 0 Å². The molecule has 2 N–H and O–H groups in total. The molecule has 0 radical (unpaired) electrons. The summed E-state index contributed by atoms with van der Waals surface area (Å²) in [5, 5.41) is 15.2. The van der Waals surface area contributed by atoms with Gasteiger partial charge >= 0.3 is 11.9 Å². The number of hydrogen-bond acceptors (Lipinski definition) is 6. The highest BCUT2D eigenvalue weighted by molar-refractivity contribution is 7.89. The van der Waals surface area contributed by atoms with Crippen molar-refractivity contribution in [1.82, 2.24) is 8.61 Å². The van der Waals surface area contributed by atoms with Crippen LogP contribution in [0.25, 0.3) is 0 Å². The minimum Gasteiger partial charge on any atom is -0.473 e. The van der Waals surface area contributed by atoms with Gasteiger partial charge in [-0.1, -0.05) is 11.6 Å². The highest BCUT2D eigenvalue weighted by atomic mass is 35.5. The average molecular weight is 509 g/mol. The molecule has 0 bridgehead atoms. The van der Waals surface area contributed by atoms with E-state index in [9.17, 15) is 21.2 Å². The highest BCUT2D eigenvalue weighted by Crippen LogP contribution is 2.23. The molecule has 1 aliphatic rings. The van der Waals surface area contributed by atoms with Crippen molar-refractivity contribution in [2.24, 2.45) is 0 Å². The van der Waals surface area contributed by atoms with Gasteiger partial charge in [0.15, 0.2) is 0 Å². The summed E-state index contributed by atoms with van der Waals surface area (Å²) in [6.45, 7) is 0.107. The number of nitrogens with zero attached hydrogens (tertiary/aromatic N) is 2. The minimum absolute atomic E-state index is 0.0204. The van der Waals surface area contributed by atoms with Crippen LogP contribution in [0.15, 0.2) is 58.3 Å². The Bertz CT molecular complexity index is 1080. The molecule has 2 aromatic carbocycles. The van der Waals surface area contributed by atoms with Crippen LogP contribution in [0.4, 0.5) is 4.39 Å². The minimum atomic E-state index is -3.79. The van der Waals surface area contributed by atoms with E-state index in [4.69, 9.17) is 31.4 Å². The molecule has 10 nitrogen and oxygen atoms in total. The SMILES string of the molecule is O=C(O)C(=O)O.O=S(=O)(c1ccc(F)cc1)N1CCN(S(=O)(=O)c2ccc(Cl)cc2)CC1. The lowest BCUT2D eigenvalue weighted by molar-refractivity contribution is -0.159. The number of carbonyl (C=O) groups is 2. The van der Waals surface area contributed by atoms with Gasteiger partial charge in [-0.2, -0.15) is 8.61 Å². The standard InChI is InChI=1S/C16H16ClFN2O4S2.C2H2O4/c17-13-1-5-15(6-2-13)25(21,22)19-9-11-20(12-10-19)26(23,24)16-7-3-14(18)4-8-16;3-1(4)2(5)6/h1-8H,9-12H2;(H,3,4)(H,5,6). The number of aliphatic carboxylic acids is 2. The zero-order chi connectivity index (χ0) is 24.1. The molecule has 1 aliphatic heterocycles. The smallest absolute Gasteiger partial charge is 0.414 e. The fraction of sp³-hybridized carbons (Fsp3) is 0.222. The number of carboxylic acid groups (broad SMARTS) is 2. The molecule has 0 atom stereocenters. The second-order valence-electron chi connectivity index (χ2n) is 6.33. The summed E-state index contributed by atoms with van der Waals surface area (Å²) in [6.07, 6.45) is 0. The van der Waals surface area contributed by atoms with Crippen molar-refractivity contribution in [2.45, 2.75) is 9.79 Å².